The minimum Gasteiger partial charge on any atom is -0.349 e. The summed E-state index contributed by atoms with van der Waals surface area (Å²) in [5, 5.41) is 0. The van der Waals surface area contributed by atoms with Crippen LogP contribution in [0.15, 0.2) is 48.8 Å². The molecule has 0 aliphatic carbocycles. The van der Waals surface area contributed by atoms with Crippen molar-refractivity contribution in [2.24, 2.45) is 0 Å². The van der Waals surface area contributed by atoms with E-state index in [-0.39, 0.29) is 0 Å². The summed E-state index contributed by atoms with van der Waals surface area (Å²) in [6.07, 6.45) is 3.69. The Morgan fingerprint density at radius 2 is 1.57 bits per heavy atom. The molecule has 0 bridgehead atoms. The molecule has 4 heteroatoms. The Bertz CT molecular complexity index is 497. The van der Waals surface area contributed by atoms with Crippen molar-refractivity contribution in [3.63, 3.8) is 0 Å². The Labute approximate surface area is 127 Å². The third kappa shape index (κ3) is 4.83. The maximum atomic E-state index is 4.48. The lowest BCUT2D eigenvalue weighted by Crippen LogP contribution is -2.35. The Morgan fingerprint density at radius 3 is 2.14 bits per heavy atom. The van der Waals surface area contributed by atoms with Gasteiger partial charge in [0.15, 0.2) is 0 Å². The van der Waals surface area contributed by atoms with Crippen LogP contribution in [0.3, 0.4) is 0 Å². The van der Waals surface area contributed by atoms with Gasteiger partial charge in [-0.25, -0.2) is 4.98 Å². The van der Waals surface area contributed by atoms with E-state index in [0.29, 0.717) is 0 Å². The van der Waals surface area contributed by atoms with Crippen LogP contribution in [-0.2, 0) is 6.54 Å². The molecule has 21 heavy (non-hydrogen) atoms. The van der Waals surface area contributed by atoms with Crippen molar-refractivity contribution in [2.45, 2.75) is 20.4 Å². The molecule has 2 aromatic rings. The van der Waals surface area contributed by atoms with Crippen molar-refractivity contribution in [2.75, 3.05) is 31.1 Å². The SMILES string of the molecule is CCN(CC)CCN(Cc1ccccn1)c1ccccn1. The van der Waals surface area contributed by atoms with Gasteiger partial charge in [-0.2, -0.15) is 0 Å². The Balaban J connectivity index is 2.07. The van der Waals surface area contributed by atoms with E-state index in [9.17, 15) is 0 Å². The van der Waals surface area contributed by atoms with Crippen LogP contribution < -0.4 is 4.90 Å². The number of anilines is 1. The summed E-state index contributed by atoms with van der Waals surface area (Å²) in [6, 6.07) is 12.1. The molecule has 4 nitrogen and oxygen atoms in total. The van der Waals surface area contributed by atoms with E-state index in [4.69, 9.17) is 0 Å². The molecule has 0 fully saturated rings. The van der Waals surface area contributed by atoms with Gasteiger partial charge >= 0.3 is 0 Å². The molecule has 0 saturated heterocycles. The van der Waals surface area contributed by atoms with Crippen molar-refractivity contribution < 1.29 is 0 Å². The third-order valence-corrected chi connectivity index (χ3v) is 3.63. The molecule has 0 N–H and O–H groups in total. The van der Waals surface area contributed by atoms with Crippen molar-refractivity contribution in [1.29, 1.82) is 0 Å². The molecular weight excluding hydrogens is 260 g/mol. The Kier molecular flexibility index (Phi) is 6.16. The first kappa shape index (κ1) is 15.4. The van der Waals surface area contributed by atoms with Crippen molar-refractivity contribution in [3.8, 4) is 0 Å². The van der Waals surface area contributed by atoms with Gasteiger partial charge in [0.25, 0.3) is 0 Å². The Morgan fingerprint density at radius 1 is 0.857 bits per heavy atom. The standard InChI is InChI=1S/C17H24N4/c1-3-20(4-2)13-14-21(17-10-6-8-12-19-17)15-16-9-5-7-11-18-16/h5-12H,3-4,13-15H2,1-2H3. The van der Waals surface area contributed by atoms with Crippen LogP contribution in [0.1, 0.15) is 19.5 Å². The van der Waals surface area contributed by atoms with E-state index in [0.717, 1.165) is 44.2 Å². The second kappa shape index (κ2) is 8.37. The minimum atomic E-state index is 0.791. The van der Waals surface area contributed by atoms with Crippen LogP contribution in [0.5, 0.6) is 0 Å². The molecule has 0 atom stereocenters. The fourth-order valence-corrected chi connectivity index (χ4v) is 2.30. The van der Waals surface area contributed by atoms with Gasteiger partial charge in [-0.1, -0.05) is 26.0 Å². The summed E-state index contributed by atoms with van der Waals surface area (Å²) in [7, 11) is 0. The van der Waals surface area contributed by atoms with Gasteiger partial charge in [0.2, 0.25) is 0 Å². The second-order valence-corrected chi connectivity index (χ2v) is 4.96. The van der Waals surface area contributed by atoms with E-state index >= 15 is 0 Å². The first-order valence-corrected chi connectivity index (χ1v) is 7.61. The number of rotatable bonds is 8. The fourth-order valence-electron chi connectivity index (χ4n) is 2.30. The normalized spacial score (nSPS) is 10.8. The quantitative estimate of drug-likeness (QED) is 0.746. The fraction of sp³-hybridized carbons (Fsp3) is 0.412. The average Bonchev–Trinajstić information content (AvgIpc) is 2.56. The molecular formula is C17H24N4. The average molecular weight is 284 g/mol. The predicted octanol–water partition coefficient (Wildman–Crippen LogP) is 2.83. The predicted molar refractivity (Wildman–Crippen MR) is 87.3 cm³/mol. The number of pyridine rings is 2. The maximum Gasteiger partial charge on any atom is 0.128 e. The molecule has 0 radical (unpaired) electrons. The lowest BCUT2D eigenvalue weighted by molar-refractivity contribution is 0.309. The van der Waals surface area contributed by atoms with Crippen LogP contribution in [0.25, 0.3) is 0 Å². The zero-order chi connectivity index (χ0) is 14.9. The molecule has 0 spiro atoms. The van der Waals surface area contributed by atoms with E-state index in [2.05, 4.69) is 45.7 Å². The van der Waals surface area contributed by atoms with Gasteiger partial charge in [-0.05, 0) is 37.4 Å². The van der Waals surface area contributed by atoms with E-state index in [1.54, 1.807) is 0 Å². The first-order valence-electron chi connectivity index (χ1n) is 7.61. The molecule has 0 aliphatic heterocycles. The van der Waals surface area contributed by atoms with E-state index in [1.165, 1.54) is 0 Å². The van der Waals surface area contributed by atoms with E-state index in [1.807, 2.05) is 36.7 Å². The van der Waals surface area contributed by atoms with Gasteiger partial charge < -0.3 is 9.80 Å². The molecule has 0 aromatic carbocycles. The van der Waals surface area contributed by atoms with Crippen molar-refractivity contribution in [1.82, 2.24) is 14.9 Å². The van der Waals surface area contributed by atoms with Gasteiger partial charge in [-0.15, -0.1) is 0 Å². The minimum absolute atomic E-state index is 0.791. The Hall–Kier alpha value is -1.94. The molecule has 0 aliphatic rings. The number of hydrogen-bond donors (Lipinski definition) is 0. The number of nitrogens with zero attached hydrogens (tertiary/aromatic N) is 4. The number of aromatic nitrogens is 2. The highest BCUT2D eigenvalue weighted by Gasteiger charge is 2.10. The summed E-state index contributed by atoms with van der Waals surface area (Å²) in [5.74, 6) is 1.01. The van der Waals surface area contributed by atoms with Gasteiger partial charge in [0.1, 0.15) is 5.82 Å². The number of hydrogen-bond acceptors (Lipinski definition) is 4. The van der Waals surface area contributed by atoms with Crippen molar-refractivity contribution >= 4 is 5.82 Å². The summed E-state index contributed by atoms with van der Waals surface area (Å²) >= 11 is 0. The molecule has 0 amide bonds. The van der Waals surface area contributed by atoms with Crippen LogP contribution >= 0.6 is 0 Å². The summed E-state index contributed by atoms with van der Waals surface area (Å²) in [6.45, 7) is 9.35. The lowest BCUT2D eigenvalue weighted by Gasteiger charge is -2.27. The lowest BCUT2D eigenvalue weighted by atomic mass is 10.3. The molecule has 2 heterocycles. The smallest absolute Gasteiger partial charge is 0.128 e. The summed E-state index contributed by atoms with van der Waals surface area (Å²) < 4.78 is 0. The highest BCUT2D eigenvalue weighted by Crippen LogP contribution is 2.12. The monoisotopic (exact) mass is 284 g/mol. The zero-order valence-electron chi connectivity index (χ0n) is 12.9. The summed E-state index contributed by atoms with van der Waals surface area (Å²) in [4.78, 5) is 13.6. The van der Waals surface area contributed by atoms with Crippen LogP contribution in [0.2, 0.25) is 0 Å². The molecule has 2 aromatic heterocycles. The zero-order valence-corrected chi connectivity index (χ0v) is 12.9. The first-order chi connectivity index (χ1) is 10.3. The van der Waals surface area contributed by atoms with Crippen LogP contribution in [0, 0.1) is 0 Å². The summed E-state index contributed by atoms with van der Waals surface area (Å²) in [5.41, 5.74) is 1.07. The molecule has 2 rings (SSSR count). The number of likely N-dealkylation sites (N-methyl/N-ethyl adjacent to an activating group) is 1. The highest BCUT2D eigenvalue weighted by atomic mass is 15.2. The van der Waals surface area contributed by atoms with Gasteiger partial charge in [0.05, 0.1) is 12.2 Å². The van der Waals surface area contributed by atoms with Crippen molar-refractivity contribution in [3.05, 3.63) is 54.5 Å². The largest absolute Gasteiger partial charge is 0.349 e. The van der Waals surface area contributed by atoms with Crippen LogP contribution in [0.4, 0.5) is 5.82 Å². The van der Waals surface area contributed by atoms with Crippen LogP contribution in [-0.4, -0.2) is 41.0 Å². The maximum absolute atomic E-state index is 4.48. The topological polar surface area (TPSA) is 32.3 Å². The molecule has 0 unspecified atom stereocenters. The molecule has 0 saturated carbocycles. The van der Waals surface area contributed by atoms with Gasteiger partial charge in [-0.3, -0.25) is 4.98 Å². The second-order valence-electron chi connectivity index (χ2n) is 4.96. The van der Waals surface area contributed by atoms with E-state index < -0.39 is 0 Å². The molecule has 112 valence electrons. The highest BCUT2D eigenvalue weighted by molar-refractivity contribution is 5.38. The third-order valence-electron chi connectivity index (χ3n) is 3.63. The van der Waals surface area contributed by atoms with Gasteiger partial charge in [0, 0.05) is 25.5 Å².